The molecule has 1 amide bonds. The van der Waals surface area contributed by atoms with Gasteiger partial charge in [0, 0.05) is 15.1 Å². The summed E-state index contributed by atoms with van der Waals surface area (Å²) in [5.74, 6) is 0.373. The Hall–Kier alpha value is -1.05. The summed E-state index contributed by atoms with van der Waals surface area (Å²) in [6, 6.07) is 7.33. The number of hydrogen-bond donors (Lipinski definition) is 1. The Balaban J connectivity index is 2.16. The molecule has 1 aromatic rings. The molecule has 1 saturated carbocycles. The lowest BCUT2D eigenvalue weighted by atomic mass is 9.78. The number of carbonyl (C=O) groups is 1. The predicted molar refractivity (Wildman–Crippen MR) is 82.6 cm³/mol. The highest BCUT2D eigenvalue weighted by Crippen LogP contribution is 2.32. The van der Waals surface area contributed by atoms with Gasteiger partial charge in [-0.25, -0.2) is 0 Å². The number of nitrogens with one attached hydrogen (secondary N) is 1. The zero-order valence-corrected chi connectivity index (χ0v) is 13.6. The molecule has 1 N–H and O–H groups in total. The van der Waals surface area contributed by atoms with E-state index in [1.807, 2.05) is 0 Å². The Morgan fingerprint density at radius 3 is 2.65 bits per heavy atom. The van der Waals surface area contributed by atoms with E-state index in [1.165, 1.54) is 0 Å². The maximum absolute atomic E-state index is 12.3. The van der Waals surface area contributed by atoms with Crippen LogP contribution < -0.4 is 5.32 Å². The summed E-state index contributed by atoms with van der Waals surface area (Å²) in [4.78, 5) is 12.3. The predicted octanol–water partition coefficient (Wildman–Crippen LogP) is 4.30. The van der Waals surface area contributed by atoms with E-state index in [0.29, 0.717) is 29.3 Å². The molecular weight excluding hydrogens is 340 g/mol. The van der Waals surface area contributed by atoms with Gasteiger partial charge in [0.2, 0.25) is 0 Å². The Kier molecular flexibility index (Phi) is 4.72. The van der Waals surface area contributed by atoms with Crippen molar-refractivity contribution >= 4 is 33.4 Å². The lowest BCUT2D eigenvalue weighted by Gasteiger charge is -2.34. The molecule has 0 atom stereocenters. The molecular formula is C15H16BrClN2O. The van der Waals surface area contributed by atoms with Gasteiger partial charge in [-0.05, 0) is 49.8 Å². The van der Waals surface area contributed by atoms with E-state index in [4.69, 9.17) is 11.6 Å². The minimum atomic E-state index is -0.738. The first kappa shape index (κ1) is 15.3. The van der Waals surface area contributed by atoms with E-state index < -0.39 is 5.54 Å². The summed E-state index contributed by atoms with van der Waals surface area (Å²) in [5.41, 5.74) is -0.268. The monoisotopic (exact) mass is 354 g/mol. The molecule has 20 heavy (non-hydrogen) atoms. The van der Waals surface area contributed by atoms with Crippen molar-refractivity contribution in [2.75, 3.05) is 0 Å². The van der Waals surface area contributed by atoms with Crippen LogP contribution in [-0.2, 0) is 0 Å². The molecule has 0 bridgehead atoms. The van der Waals surface area contributed by atoms with Crippen molar-refractivity contribution < 1.29 is 4.79 Å². The van der Waals surface area contributed by atoms with Gasteiger partial charge >= 0.3 is 0 Å². The number of amides is 1. The minimum absolute atomic E-state index is 0.246. The first-order valence-electron chi connectivity index (χ1n) is 6.64. The van der Waals surface area contributed by atoms with E-state index in [1.54, 1.807) is 18.2 Å². The van der Waals surface area contributed by atoms with E-state index in [2.05, 4.69) is 34.2 Å². The van der Waals surface area contributed by atoms with Gasteiger partial charge in [0.25, 0.3) is 5.91 Å². The lowest BCUT2D eigenvalue weighted by Crippen LogP contribution is -2.49. The average molecular weight is 356 g/mol. The van der Waals surface area contributed by atoms with E-state index >= 15 is 0 Å². The molecule has 1 aliphatic carbocycles. The number of nitrogens with zero attached hydrogens (tertiary/aromatic N) is 1. The Bertz CT molecular complexity index is 539. The summed E-state index contributed by atoms with van der Waals surface area (Å²) in [6.07, 6.45) is 3.34. The molecule has 0 radical (unpaired) electrons. The Morgan fingerprint density at radius 2 is 2.10 bits per heavy atom. The van der Waals surface area contributed by atoms with Crippen LogP contribution in [0.2, 0.25) is 5.02 Å². The molecule has 0 heterocycles. The zero-order valence-electron chi connectivity index (χ0n) is 11.2. The SMILES string of the molecule is CC1CCC(C#N)(NC(=O)c2cc(Cl)cc(Br)c2)CC1. The molecule has 1 fully saturated rings. The highest BCUT2D eigenvalue weighted by atomic mass is 79.9. The second-order valence-electron chi connectivity index (χ2n) is 5.49. The molecule has 0 unspecified atom stereocenters. The van der Waals surface area contributed by atoms with Crippen molar-refractivity contribution in [3.8, 4) is 6.07 Å². The van der Waals surface area contributed by atoms with Gasteiger partial charge in [-0.3, -0.25) is 4.79 Å². The molecule has 0 aromatic heterocycles. The Labute approximate surface area is 132 Å². The first-order chi connectivity index (χ1) is 9.44. The van der Waals surface area contributed by atoms with Crippen LogP contribution in [0, 0.1) is 17.2 Å². The molecule has 2 rings (SSSR count). The number of benzene rings is 1. The van der Waals surface area contributed by atoms with Crippen LogP contribution in [0.1, 0.15) is 43.0 Å². The van der Waals surface area contributed by atoms with Gasteiger partial charge in [0.05, 0.1) is 6.07 Å². The van der Waals surface area contributed by atoms with Gasteiger partial charge in [0.1, 0.15) is 5.54 Å². The van der Waals surface area contributed by atoms with Crippen LogP contribution in [0.3, 0.4) is 0 Å². The van der Waals surface area contributed by atoms with Crippen LogP contribution in [-0.4, -0.2) is 11.4 Å². The van der Waals surface area contributed by atoms with Crippen molar-refractivity contribution in [2.45, 2.75) is 38.1 Å². The van der Waals surface area contributed by atoms with Gasteiger partial charge in [-0.15, -0.1) is 0 Å². The summed E-state index contributed by atoms with van der Waals surface area (Å²) in [6.45, 7) is 2.18. The molecule has 3 nitrogen and oxygen atoms in total. The number of nitriles is 1. The minimum Gasteiger partial charge on any atom is -0.334 e. The zero-order chi connectivity index (χ0) is 14.8. The maximum atomic E-state index is 12.3. The average Bonchev–Trinajstić information content (AvgIpc) is 2.40. The van der Waals surface area contributed by atoms with Gasteiger partial charge in [-0.1, -0.05) is 34.5 Å². The summed E-state index contributed by atoms with van der Waals surface area (Å²) >= 11 is 9.27. The fraction of sp³-hybridized carbons (Fsp3) is 0.467. The van der Waals surface area contributed by atoms with Crippen molar-refractivity contribution in [2.24, 2.45) is 5.92 Å². The third-order valence-corrected chi connectivity index (χ3v) is 4.50. The van der Waals surface area contributed by atoms with Crippen molar-refractivity contribution in [1.29, 1.82) is 5.26 Å². The van der Waals surface area contributed by atoms with Crippen LogP contribution in [0.15, 0.2) is 22.7 Å². The molecule has 1 aromatic carbocycles. The second-order valence-corrected chi connectivity index (χ2v) is 6.84. The molecule has 1 aliphatic rings. The third kappa shape index (κ3) is 3.53. The molecule has 0 spiro atoms. The fourth-order valence-corrected chi connectivity index (χ4v) is 3.35. The summed E-state index contributed by atoms with van der Waals surface area (Å²) < 4.78 is 0.749. The van der Waals surface area contributed by atoms with Crippen LogP contribution in [0.4, 0.5) is 0 Å². The van der Waals surface area contributed by atoms with Crippen molar-refractivity contribution in [3.05, 3.63) is 33.3 Å². The van der Waals surface area contributed by atoms with E-state index in [-0.39, 0.29) is 5.91 Å². The van der Waals surface area contributed by atoms with Gasteiger partial charge in [-0.2, -0.15) is 5.26 Å². The third-order valence-electron chi connectivity index (χ3n) is 3.82. The first-order valence-corrected chi connectivity index (χ1v) is 7.81. The number of hydrogen-bond acceptors (Lipinski definition) is 2. The van der Waals surface area contributed by atoms with Crippen molar-refractivity contribution in [1.82, 2.24) is 5.32 Å². The summed E-state index contributed by atoms with van der Waals surface area (Å²) in [7, 11) is 0. The van der Waals surface area contributed by atoms with Crippen LogP contribution in [0.5, 0.6) is 0 Å². The van der Waals surface area contributed by atoms with E-state index in [9.17, 15) is 10.1 Å². The Morgan fingerprint density at radius 1 is 1.45 bits per heavy atom. The maximum Gasteiger partial charge on any atom is 0.252 e. The highest BCUT2D eigenvalue weighted by Gasteiger charge is 2.35. The highest BCUT2D eigenvalue weighted by molar-refractivity contribution is 9.10. The lowest BCUT2D eigenvalue weighted by molar-refractivity contribution is 0.0894. The largest absolute Gasteiger partial charge is 0.334 e. The molecule has 0 aliphatic heterocycles. The number of carbonyl (C=O) groups excluding carboxylic acids is 1. The fourth-order valence-electron chi connectivity index (χ4n) is 2.49. The molecule has 0 saturated heterocycles. The smallest absolute Gasteiger partial charge is 0.252 e. The van der Waals surface area contributed by atoms with Crippen LogP contribution >= 0.6 is 27.5 Å². The van der Waals surface area contributed by atoms with Crippen molar-refractivity contribution in [3.63, 3.8) is 0 Å². The molecule has 5 heteroatoms. The number of rotatable bonds is 2. The van der Waals surface area contributed by atoms with Gasteiger partial charge < -0.3 is 5.32 Å². The van der Waals surface area contributed by atoms with Crippen LogP contribution in [0.25, 0.3) is 0 Å². The normalized spacial score (nSPS) is 25.8. The van der Waals surface area contributed by atoms with E-state index in [0.717, 1.165) is 17.3 Å². The number of halogens is 2. The summed E-state index contributed by atoms with van der Waals surface area (Å²) in [5, 5.41) is 12.8. The topological polar surface area (TPSA) is 52.9 Å². The van der Waals surface area contributed by atoms with Gasteiger partial charge in [0.15, 0.2) is 0 Å². The molecule has 106 valence electrons. The quantitative estimate of drug-likeness (QED) is 0.859. The standard InChI is InChI=1S/C15H16BrClN2O/c1-10-2-4-15(9-18,5-3-10)19-14(20)11-6-12(16)8-13(17)7-11/h6-8,10H,2-5H2,1H3,(H,19,20). The second kappa shape index (κ2) is 6.15.